The molecule has 1 aromatic heterocycles. The molecule has 1 aromatic carbocycles. The lowest BCUT2D eigenvalue weighted by Crippen LogP contribution is -2.38. The predicted octanol–water partition coefficient (Wildman–Crippen LogP) is 2.92. The van der Waals surface area contributed by atoms with Crippen molar-refractivity contribution in [1.82, 2.24) is 15.6 Å². The number of thiazole rings is 1. The van der Waals surface area contributed by atoms with Crippen molar-refractivity contribution in [3.05, 3.63) is 51.0 Å². The molecule has 130 valence electrons. The average molecular weight is 360 g/mol. The van der Waals surface area contributed by atoms with Gasteiger partial charge in [-0.2, -0.15) is 0 Å². The number of guanidine groups is 1. The maximum atomic E-state index is 13.6. The van der Waals surface area contributed by atoms with Crippen LogP contribution in [0.5, 0.6) is 0 Å². The van der Waals surface area contributed by atoms with E-state index < -0.39 is 35.4 Å². The number of hydrogen-bond acceptors (Lipinski definition) is 3. The Bertz CT molecular complexity index is 719. The van der Waals surface area contributed by atoms with Crippen LogP contribution in [0.4, 0.5) is 17.6 Å². The summed E-state index contributed by atoms with van der Waals surface area (Å²) in [6.07, 6.45) is 2.42. The van der Waals surface area contributed by atoms with Crippen LogP contribution >= 0.6 is 11.3 Å². The Morgan fingerprint density at radius 2 is 1.83 bits per heavy atom. The number of benzene rings is 1. The summed E-state index contributed by atoms with van der Waals surface area (Å²) in [5.41, 5.74) is -0.717. The lowest BCUT2D eigenvalue weighted by Gasteiger charge is -2.13. The first-order chi connectivity index (χ1) is 11.4. The first-order valence-electron chi connectivity index (χ1n) is 7.10. The molecule has 1 heterocycles. The molecule has 0 aliphatic rings. The second-order valence-electron chi connectivity index (χ2n) is 4.91. The van der Waals surface area contributed by atoms with Crippen LogP contribution in [-0.2, 0) is 13.0 Å². The van der Waals surface area contributed by atoms with Crippen molar-refractivity contribution >= 4 is 17.3 Å². The first kappa shape index (κ1) is 18.2. The number of aromatic nitrogens is 1. The van der Waals surface area contributed by atoms with Gasteiger partial charge in [-0.05, 0) is 6.92 Å². The summed E-state index contributed by atoms with van der Waals surface area (Å²) >= 11 is 1.57. The molecule has 0 bridgehead atoms. The van der Waals surface area contributed by atoms with Crippen molar-refractivity contribution in [2.24, 2.45) is 4.99 Å². The molecule has 0 saturated carbocycles. The zero-order valence-electron chi connectivity index (χ0n) is 13.1. The normalized spacial score (nSPS) is 11.7. The molecule has 0 aliphatic carbocycles. The number of hydrogen-bond donors (Lipinski definition) is 2. The van der Waals surface area contributed by atoms with Crippen molar-refractivity contribution in [3.63, 3.8) is 0 Å². The maximum absolute atomic E-state index is 13.6. The minimum absolute atomic E-state index is 0.178. The number of aryl methyl sites for hydroxylation is 1. The van der Waals surface area contributed by atoms with E-state index in [1.54, 1.807) is 17.5 Å². The highest BCUT2D eigenvalue weighted by atomic mass is 32.1. The highest BCUT2D eigenvalue weighted by molar-refractivity contribution is 7.11. The molecule has 0 fully saturated rings. The average Bonchev–Trinajstić information content (AvgIpc) is 2.96. The Morgan fingerprint density at radius 3 is 2.38 bits per heavy atom. The Hall–Kier alpha value is -2.16. The van der Waals surface area contributed by atoms with Crippen LogP contribution in [0.2, 0.25) is 0 Å². The van der Waals surface area contributed by atoms with Crippen LogP contribution in [0.25, 0.3) is 0 Å². The van der Waals surface area contributed by atoms with E-state index in [-0.39, 0.29) is 12.0 Å². The highest BCUT2D eigenvalue weighted by Crippen LogP contribution is 2.19. The van der Waals surface area contributed by atoms with Crippen molar-refractivity contribution in [2.45, 2.75) is 19.9 Å². The molecule has 0 radical (unpaired) electrons. The van der Waals surface area contributed by atoms with E-state index >= 15 is 0 Å². The van der Waals surface area contributed by atoms with Gasteiger partial charge >= 0.3 is 0 Å². The van der Waals surface area contributed by atoms with E-state index in [9.17, 15) is 17.6 Å². The zero-order valence-corrected chi connectivity index (χ0v) is 13.9. The third-order valence-corrected chi connectivity index (χ3v) is 4.13. The summed E-state index contributed by atoms with van der Waals surface area (Å²) in [5, 5.41) is 6.50. The van der Waals surface area contributed by atoms with E-state index in [2.05, 4.69) is 20.6 Å². The van der Waals surface area contributed by atoms with E-state index in [1.165, 1.54) is 7.05 Å². The number of aliphatic imine (C=N–C) groups is 1. The van der Waals surface area contributed by atoms with Gasteiger partial charge in [0.25, 0.3) is 0 Å². The molecule has 0 unspecified atom stereocenters. The van der Waals surface area contributed by atoms with Gasteiger partial charge in [-0.15, -0.1) is 11.3 Å². The van der Waals surface area contributed by atoms with E-state index in [1.807, 2.05) is 6.92 Å². The lowest BCUT2D eigenvalue weighted by atomic mass is 10.2. The van der Waals surface area contributed by atoms with Gasteiger partial charge in [0.15, 0.2) is 29.2 Å². The smallest absolute Gasteiger partial charge is 0.191 e. The van der Waals surface area contributed by atoms with Crippen LogP contribution in [0.15, 0.2) is 17.3 Å². The molecule has 2 N–H and O–H groups in total. The monoisotopic (exact) mass is 360 g/mol. The van der Waals surface area contributed by atoms with Crippen molar-refractivity contribution in [2.75, 3.05) is 13.6 Å². The van der Waals surface area contributed by atoms with Gasteiger partial charge in [0, 0.05) is 49.3 Å². The number of rotatable bonds is 5. The van der Waals surface area contributed by atoms with Gasteiger partial charge < -0.3 is 10.6 Å². The van der Waals surface area contributed by atoms with Crippen molar-refractivity contribution < 1.29 is 17.6 Å². The Labute approximate surface area is 140 Å². The fourth-order valence-corrected chi connectivity index (χ4v) is 2.76. The minimum atomic E-state index is -1.44. The molecule has 4 nitrogen and oxygen atoms in total. The van der Waals surface area contributed by atoms with Gasteiger partial charge in [0.05, 0.1) is 5.01 Å². The van der Waals surface area contributed by atoms with Crippen LogP contribution in [0, 0.1) is 30.2 Å². The number of halogens is 4. The third kappa shape index (κ3) is 4.44. The zero-order chi connectivity index (χ0) is 17.7. The molecular formula is C15H16F4N4S. The predicted molar refractivity (Wildman–Crippen MR) is 85.0 cm³/mol. The van der Waals surface area contributed by atoms with Crippen LogP contribution in [0.1, 0.15) is 15.4 Å². The van der Waals surface area contributed by atoms with Crippen LogP contribution in [-0.4, -0.2) is 24.5 Å². The highest BCUT2D eigenvalue weighted by Gasteiger charge is 2.19. The Morgan fingerprint density at radius 1 is 1.17 bits per heavy atom. The fourth-order valence-electron chi connectivity index (χ4n) is 1.98. The molecule has 9 heteroatoms. The standard InChI is InChI=1S/C15H16F4N4S/c1-8-6-22-12(24-8)3-4-21-15(20-2)23-7-9-13(18)10(16)5-11(17)14(9)19/h5-6H,3-4,7H2,1-2H3,(H2,20,21,23). The second-order valence-corrected chi connectivity index (χ2v) is 6.23. The van der Waals surface area contributed by atoms with Gasteiger partial charge in [-0.3, -0.25) is 4.99 Å². The topological polar surface area (TPSA) is 49.3 Å². The number of nitrogens with zero attached hydrogens (tertiary/aromatic N) is 2. The second kappa shape index (κ2) is 8.09. The molecule has 0 saturated heterocycles. The SMILES string of the molecule is CN=C(NCCc1ncc(C)s1)NCc1c(F)c(F)cc(F)c1F. The summed E-state index contributed by atoms with van der Waals surface area (Å²) in [5.74, 6) is -5.46. The Balaban J connectivity index is 1.92. The molecular weight excluding hydrogens is 344 g/mol. The van der Waals surface area contributed by atoms with Crippen molar-refractivity contribution in [1.29, 1.82) is 0 Å². The number of nitrogens with one attached hydrogen (secondary N) is 2. The quantitative estimate of drug-likeness (QED) is 0.373. The summed E-state index contributed by atoms with van der Waals surface area (Å²) in [6.45, 7) is 2.01. The third-order valence-electron chi connectivity index (χ3n) is 3.16. The van der Waals surface area contributed by atoms with Crippen LogP contribution in [0.3, 0.4) is 0 Å². The van der Waals surface area contributed by atoms with E-state index in [0.29, 0.717) is 13.0 Å². The van der Waals surface area contributed by atoms with Gasteiger partial charge in [0.1, 0.15) is 0 Å². The van der Waals surface area contributed by atoms with Gasteiger partial charge in [-0.1, -0.05) is 0 Å². The lowest BCUT2D eigenvalue weighted by molar-refractivity contribution is 0.437. The van der Waals surface area contributed by atoms with E-state index in [0.717, 1.165) is 9.88 Å². The summed E-state index contributed by atoms with van der Waals surface area (Å²) < 4.78 is 53.5. The van der Waals surface area contributed by atoms with Gasteiger partial charge in [0.2, 0.25) is 0 Å². The maximum Gasteiger partial charge on any atom is 0.191 e. The van der Waals surface area contributed by atoms with Gasteiger partial charge in [-0.25, -0.2) is 22.5 Å². The molecule has 2 rings (SSSR count). The molecule has 0 amide bonds. The Kier molecular flexibility index (Phi) is 6.13. The van der Waals surface area contributed by atoms with Crippen LogP contribution < -0.4 is 10.6 Å². The molecule has 24 heavy (non-hydrogen) atoms. The molecule has 0 atom stereocenters. The first-order valence-corrected chi connectivity index (χ1v) is 7.91. The summed E-state index contributed by atoms with van der Waals surface area (Å²) in [6, 6.07) is 0.178. The van der Waals surface area contributed by atoms with Crippen molar-refractivity contribution in [3.8, 4) is 0 Å². The largest absolute Gasteiger partial charge is 0.356 e. The summed E-state index contributed by atoms with van der Waals surface area (Å²) in [7, 11) is 1.47. The molecule has 0 aliphatic heterocycles. The minimum Gasteiger partial charge on any atom is -0.356 e. The summed E-state index contributed by atoms with van der Waals surface area (Å²) in [4.78, 5) is 9.20. The molecule has 0 spiro atoms. The van der Waals surface area contributed by atoms with E-state index in [4.69, 9.17) is 0 Å². The fraction of sp³-hybridized carbons (Fsp3) is 0.333. The molecule has 2 aromatic rings.